The second-order valence-corrected chi connectivity index (χ2v) is 8.93. The number of carbonyl (C=O) groups excluding carboxylic acids is 2. The molecule has 0 saturated carbocycles. The summed E-state index contributed by atoms with van der Waals surface area (Å²) < 4.78 is 12.3. The molecule has 3 aromatic carbocycles. The molecule has 190 valence electrons. The number of rotatable bonds is 10. The van der Waals surface area contributed by atoms with Crippen LogP contribution >= 0.6 is 11.8 Å². The lowest BCUT2D eigenvalue weighted by Gasteiger charge is -2.09. The topological polar surface area (TPSA) is 107 Å². The average molecular weight is 518 g/mol. The lowest BCUT2D eigenvalue weighted by molar-refractivity contribution is -0.116. The summed E-state index contributed by atoms with van der Waals surface area (Å²) in [5.41, 5.74) is 1.57. The van der Waals surface area contributed by atoms with E-state index in [1.807, 2.05) is 48.5 Å². The summed E-state index contributed by atoms with van der Waals surface area (Å²) in [6, 6.07) is 19.1. The molecule has 0 aliphatic carbocycles. The molecule has 4 aromatic rings. The van der Waals surface area contributed by atoms with Gasteiger partial charge in [-0.2, -0.15) is 0 Å². The van der Waals surface area contributed by atoms with E-state index >= 15 is 0 Å². The molecule has 2 N–H and O–H groups in total. The molecule has 0 aliphatic heterocycles. The van der Waals surface area contributed by atoms with Gasteiger partial charge in [-0.3, -0.25) is 9.59 Å². The molecular formula is C27H27N5O4S. The lowest BCUT2D eigenvalue weighted by atomic mass is 10.1. The van der Waals surface area contributed by atoms with E-state index in [-0.39, 0.29) is 24.1 Å². The zero-order valence-electron chi connectivity index (χ0n) is 20.7. The molecule has 1 heterocycles. The van der Waals surface area contributed by atoms with Crippen molar-refractivity contribution in [3.05, 3.63) is 78.1 Å². The highest BCUT2D eigenvalue weighted by Gasteiger charge is 2.13. The number of carbonyl (C=O) groups is 2. The second-order valence-electron chi connectivity index (χ2n) is 7.99. The van der Waals surface area contributed by atoms with Crippen LogP contribution in [0.4, 0.5) is 5.69 Å². The maximum Gasteiger partial charge on any atom is 0.244 e. The van der Waals surface area contributed by atoms with Gasteiger partial charge in [0.2, 0.25) is 11.8 Å². The molecule has 10 heteroatoms. The molecule has 0 radical (unpaired) electrons. The Morgan fingerprint density at radius 1 is 1.00 bits per heavy atom. The first-order chi connectivity index (χ1) is 18.0. The summed E-state index contributed by atoms with van der Waals surface area (Å²) in [6.45, 7) is 0.196. The molecule has 0 fully saturated rings. The van der Waals surface area contributed by atoms with E-state index in [0.29, 0.717) is 22.5 Å². The Morgan fingerprint density at radius 3 is 2.59 bits per heavy atom. The van der Waals surface area contributed by atoms with Gasteiger partial charge in [0.15, 0.2) is 22.5 Å². The monoisotopic (exact) mass is 517 g/mol. The Balaban J connectivity index is 1.29. The number of methoxy groups -OCH3 is 2. The van der Waals surface area contributed by atoms with Crippen LogP contribution in [0.2, 0.25) is 0 Å². The van der Waals surface area contributed by atoms with Crippen molar-refractivity contribution in [2.24, 2.45) is 7.05 Å². The van der Waals surface area contributed by atoms with Crippen LogP contribution in [0, 0.1) is 0 Å². The Labute approximate surface area is 218 Å². The fourth-order valence-corrected chi connectivity index (χ4v) is 4.36. The predicted molar refractivity (Wildman–Crippen MR) is 145 cm³/mol. The van der Waals surface area contributed by atoms with Gasteiger partial charge in [-0.1, -0.05) is 54.2 Å². The highest BCUT2D eigenvalue weighted by atomic mass is 32.2. The van der Waals surface area contributed by atoms with Crippen LogP contribution in [0.3, 0.4) is 0 Å². The first-order valence-electron chi connectivity index (χ1n) is 11.4. The van der Waals surface area contributed by atoms with E-state index in [0.717, 1.165) is 22.0 Å². The predicted octanol–water partition coefficient (Wildman–Crippen LogP) is 4.05. The third-order valence-corrected chi connectivity index (χ3v) is 6.60. The number of amides is 2. The fourth-order valence-electron chi connectivity index (χ4n) is 3.63. The van der Waals surface area contributed by atoms with Crippen LogP contribution in [-0.4, -0.2) is 46.6 Å². The van der Waals surface area contributed by atoms with Gasteiger partial charge in [-0.05, 0) is 35.2 Å². The van der Waals surface area contributed by atoms with Crippen molar-refractivity contribution in [1.82, 2.24) is 20.1 Å². The molecule has 0 spiro atoms. The van der Waals surface area contributed by atoms with E-state index < -0.39 is 0 Å². The van der Waals surface area contributed by atoms with Crippen molar-refractivity contribution >= 4 is 46.1 Å². The zero-order chi connectivity index (χ0) is 26.2. The number of nitrogens with one attached hydrogen (secondary N) is 2. The molecule has 4 rings (SSSR count). The average Bonchev–Trinajstić information content (AvgIpc) is 3.28. The summed E-state index contributed by atoms with van der Waals surface area (Å²) in [6.07, 6.45) is 3.12. The SMILES string of the molecule is COc1ccc(C=CC(=O)NCc2nnc(SCC(=O)Nc3cccc4ccccc34)n2C)cc1OC. The minimum Gasteiger partial charge on any atom is -0.493 e. The smallest absolute Gasteiger partial charge is 0.244 e. The third kappa shape index (κ3) is 6.47. The quantitative estimate of drug-likeness (QED) is 0.241. The molecular weight excluding hydrogens is 490 g/mol. The number of aromatic nitrogens is 3. The third-order valence-electron chi connectivity index (χ3n) is 5.58. The van der Waals surface area contributed by atoms with Crippen LogP contribution in [0.15, 0.2) is 71.9 Å². The Bertz CT molecular complexity index is 1440. The lowest BCUT2D eigenvalue weighted by Crippen LogP contribution is -2.22. The summed E-state index contributed by atoms with van der Waals surface area (Å²) in [5.74, 6) is 1.53. The van der Waals surface area contributed by atoms with Gasteiger partial charge < -0.3 is 24.7 Å². The molecule has 1 aromatic heterocycles. The second kappa shape index (κ2) is 12.1. The molecule has 0 bridgehead atoms. The number of hydrogen-bond acceptors (Lipinski definition) is 7. The maximum absolute atomic E-state index is 12.6. The summed E-state index contributed by atoms with van der Waals surface area (Å²) in [5, 5.41) is 16.7. The Morgan fingerprint density at radius 2 is 1.78 bits per heavy atom. The highest BCUT2D eigenvalue weighted by Crippen LogP contribution is 2.28. The zero-order valence-corrected chi connectivity index (χ0v) is 21.5. The van der Waals surface area contributed by atoms with E-state index in [1.165, 1.54) is 17.8 Å². The number of thioether (sulfide) groups is 1. The van der Waals surface area contributed by atoms with Crippen molar-refractivity contribution in [2.75, 3.05) is 25.3 Å². The van der Waals surface area contributed by atoms with Crippen LogP contribution in [0.25, 0.3) is 16.8 Å². The van der Waals surface area contributed by atoms with E-state index in [9.17, 15) is 9.59 Å². The van der Waals surface area contributed by atoms with Gasteiger partial charge in [-0.15, -0.1) is 10.2 Å². The van der Waals surface area contributed by atoms with Gasteiger partial charge in [-0.25, -0.2) is 0 Å². The van der Waals surface area contributed by atoms with Gasteiger partial charge in [0.05, 0.1) is 26.5 Å². The minimum atomic E-state index is -0.276. The molecule has 0 atom stereocenters. The fraction of sp³-hybridized carbons (Fsp3) is 0.185. The van der Waals surface area contributed by atoms with E-state index in [4.69, 9.17) is 9.47 Å². The summed E-state index contributed by atoms with van der Waals surface area (Å²) in [7, 11) is 4.92. The van der Waals surface area contributed by atoms with Gasteiger partial charge in [0.25, 0.3) is 0 Å². The maximum atomic E-state index is 12.6. The van der Waals surface area contributed by atoms with Crippen LogP contribution in [0.1, 0.15) is 11.4 Å². The highest BCUT2D eigenvalue weighted by molar-refractivity contribution is 7.99. The number of ether oxygens (including phenoxy) is 2. The van der Waals surface area contributed by atoms with Gasteiger partial charge in [0, 0.05) is 24.2 Å². The molecule has 0 saturated heterocycles. The molecule has 0 unspecified atom stereocenters. The summed E-state index contributed by atoms with van der Waals surface area (Å²) >= 11 is 1.28. The van der Waals surface area contributed by atoms with E-state index in [1.54, 1.807) is 44.0 Å². The van der Waals surface area contributed by atoms with Crippen molar-refractivity contribution in [1.29, 1.82) is 0 Å². The van der Waals surface area contributed by atoms with Crippen molar-refractivity contribution in [3.63, 3.8) is 0 Å². The van der Waals surface area contributed by atoms with Crippen molar-refractivity contribution in [2.45, 2.75) is 11.7 Å². The summed E-state index contributed by atoms with van der Waals surface area (Å²) in [4.78, 5) is 24.9. The number of nitrogens with zero attached hydrogens (tertiary/aromatic N) is 3. The normalized spacial score (nSPS) is 11.0. The van der Waals surface area contributed by atoms with Gasteiger partial charge >= 0.3 is 0 Å². The largest absolute Gasteiger partial charge is 0.493 e. The standard InChI is InChI=1S/C27H27N5O4S/c1-32-24(16-28-25(33)14-12-18-11-13-22(35-2)23(15-18)36-3)30-31-27(32)37-17-26(34)29-21-10-6-8-19-7-4-5-9-20(19)21/h4-15H,16-17H2,1-3H3,(H,28,33)(H,29,34). The van der Waals surface area contributed by atoms with Gasteiger partial charge in [0.1, 0.15) is 0 Å². The molecule has 2 amide bonds. The van der Waals surface area contributed by atoms with Crippen LogP contribution in [-0.2, 0) is 23.2 Å². The van der Waals surface area contributed by atoms with E-state index in [2.05, 4.69) is 20.8 Å². The Kier molecular flexibility index (Phi) is 8.42. The number of benzene rings is 3. The molecule has 0 aliphatic rings. The molecule has 37 heavy (non-hydrogen) atoms. The van der Waals surface area contributed by atoms with Crippen molar-refractivity contribution in [3.8, 4) is 11.5 Å². The first kappa shape index (κ1) is 25.8. The van der Waals surface area contributed by atoms with Crippen molar-refractivity contribution < 1.29 is 19.1 Å². The number of hydrogen-bond donors (Lipinski definition) is 2. The first-order valence-corrected chi connectivity index (χ1v) is 12.4. The molecule has 9 nitrogen and oxygen atoms in total. The number of anilines is 1. The number of fused-ring (bicyclic) bond motifs is 1. The Hall–Kier alpha value is -4.31. The van der Waals surface area contributed by atoms with Crippen LogP contribution in [0.5, 0.6) is 11.5 Å². The minimum absolute atomic E-state index is 0.139. The van der Waals surface area contributed by atoms with Crippen LogP contribution < -0.4 is 20.1 Å².